The number of amides is 2. The van der Waals surface area contributed by atoms with Crippen LogP contribution in [0.15, 0.2) is 69.8 Å². The summed E-state index contributed by atoms with van der Waals surface area (Å²) in [5.41, 5.74) is 0.535. The lowest BCUT2D eigenvalue weighted by Gasteiger charge is -2.12. The van der Waals surface area contributed by atoms with E-state index in [4.69, 9.17) is 11.6 Å². The number of nitrogens with one attached hydrogen (secondary N) is 3. The minimum atomic E-state index is -4.13. The molecule has 1 saturated carbocycles. The van der Waals surface area contributed by atoms with Gasteiger partial charge >= 0.3 is 6.03 Å². The number of halogens is 2. The first kappa shape index (κ1) is 24.3. The number of pyridine rings is 1. The number of fused-ring (bicyclic) bond motifs is 1. The first-order chi connectivity index (χ1) is 17.2. The quantitative estimate of drug-likeness (QED) is 0.296. The molecule has 0 radical (unpaired) electrons. The number of anilines is 2. The molecule has 0 aliphatic heterocycles. The second-order valence-electron chi connectivity index (χ2n) is 8.40. The van der Waals surface area contributed by atoms with E-state index in [1.54, 1.807) is 12.1 Å². The van der Waals surface area contributed by atoms with Crippen LogP contribution in [0.1, 0.15) is 12.8 Å². The molecule has 1 aliphatic carbocycles. The van der Waals surface area contributed by atoms with Crippen LogP contribution < -0.4 is 20.9 Å². The van der Waals surface area contributed by atoms with Crippen molar-refractivity contribution in [3.8, 4) is 5.69 Å². The lowest BCUT2D eigenvalue weighted by molar-refractivity contribution is 0.256. The molecular weight excluding hydrogens is 527 g/mol. The second-order valence-corrected chi connectivity index (χ2v) is 12.0. The summed E-state index contributed by atoms with van der Waals surface area (Å²) < 4.78 is 42.6. The predicted molar refractivity (Wildman–Crippen MR) is 139 cm³/mol. The van der Waals surface area contributed by atoms with E-state index in [-0.39, 0.29) is 25.5 Å². The van der Waals surface area contributed by atoms with Crippen LogP contribution in [0.2, 0.25) is 4.34 Å². The lowest BCUT2D eigenvalue weighted by Crippen LogP contribution is -2.34. The maximum atomic E-state index is 14.9. The molecule has 2 aromatic carbocycles. The molecule has 8 nitrogen and oxygen atoms in total. The number of carbonyl (C=O) groups is 1. The molecule has 0 unspecified atom stereocenters. The highest BCUT2D eigenvalue weighted by Gasteiger charge is 2.21. The molecule has 36 heavy (non-hydrogen) atoms. The van der Waals surface area contributed by atoms with Crippen LogP contribution in [0.3, 0.4) is 0 Å². The van der Waals surface area contributed by atoms with Crippen molar-refractivity contribution in [2.24, 2.45) is 5.92 Å². The number of hydrogen-bond donors (Lipinski definition) is 3. The first-order valence-corrected chi connectivity index (χ1v) is 13.7. The molecule has 1 fully saturated rings. The molecule has 2 heterocycles. The van der Waals surface area contributed by atoms with Gasteiger partial charge in [-0.15, -0.1) is 11.3 Å². The summed E-state index contributed by atoms with van der Waals surface area (Å²) in [4.78, 5) is 25.2. The number of carbonyl (C=O) groups excluding carboxylic acids is 1. The third kappa shape index (κ3) is 5.23. The Kier molecular flexibility index (Phi) is 6.45. The van der Waals surface area contributed by atoms with Crippen LogP contribution in [0.25, 0.3) is 16.5 Å². The van der Waals surface area contributed by atoms with Gasteiger partial charge in [0.15, 0.2) is 0 Å². The highest BCUT2D eigenvalue weighted by molar-refractivity contribution is 7.92. The Labute approximate surface area is 214 Å². The van der Waals surface area contributed by atoms with Gasteiger partial charge in [0, 0.05) is 29.5 Å². The Morgan fingerprint density at radius 1 is 1.08 bits per heavy atom. The molecule has 0 bridgehead atoms. The van der Waals surface area contributed by atoms with Crippen molar-refractivity contribution in [3.63, 3.8) is 0 Å². The van der Waals surface area contributed by atoms with E-state index in [0.717, 1.165) is 35.0 Å². The highest BCUT2D eigenvalue weighted by atomic mass is 35.5. The summed E-state index contributed by atoms with van der Waals surface area (Å²) in [7, 11) is -4.13. The number of nitrogens with zero attached hydrogens (tertiary/aromatic N) is 1. The number of benzene rings is 2. The zero-order valence-electron chi connectivity index (χ0n) is 18.6. The molecule has 0 spiro atoms. The van der Waals surface area contributed by atoms with E-state index in [2.05, 4.69) is 10.6 Å². The SMILES string of the molecule is O=C(Nc1ccc(-n2ccc3cc(NCC4CC4)ccc3c2=O)c(F)c1)NS(=O)(=O)c1ccc(Cl)s1. The van der Waals surface area contributed by atoms with Gasteiger partial charge < -0.3 is 10.6 Å². The summed E-state index contributed by atoms with van der Waals surface area (Å²) in [6.45, 7) is 0.903. The lowest BCUT2D eigenvalue weighted by atomic mass is 10.1. The molecule has 2 aromatic heterocycles. The standard InChI is InChI=1S/C24H20ClFN4O4S2/c25-21-7-8-22(35-21)36(33,34)29-24(32)28-17-4-6-20(19(26)12-17)30-10-9-15-11-16(27-13-14-1-2-14)3-5-18(15)23(30)31/h3-12,14,27H,1-2,13H2,(H2,28,29,32). The van der Waals surface area contributed by atoms with E-state index in [9.17, 15) is 22.4 Å². The summed E-state index contributed by atoms with van der Waals surface area (Å²) in [5, 5.41) is 6.82. The van der Waals surface area contributed by atoms with Gasteiger partial charge in [-0.05, 0) is 78.7 Å². The molecule has 0 saturated heterocycles. The average Bonchev–Trinajstić information content (AvgIpc) is 3.55. The molecular formula is C24H20ClFN4O4S2. The summed E-state index contributed by atoms with van der Waals surface area (Å²) in [6, 6.07) is 12.5. The monoisotopic (exact) mass is 546 g/mol. The zero-order chi connectivity index (χ0) is 25.4. The molecule has 186 valence electrons. The third-order valence-corrected chi connectivity index (χ3v) is 8.76. The highest BCUT2D eigenvalue weighted by Crippen LogP contribution is 2.29. The Morgan fingerprint density at radius 2 is 1.86 bits per heavy atom. The van der Waals surface area contributed by atoms with Crippen LogP contribution >= 0.6 is 22.9 Å². The molecule has 0 atom stereocenters. The number of urea groups is 1. The van der Waals surface area contributed by atoms with Gasteiger partial charge in [-0.25, -0.2) is 22.3 Å². The van der Waals surface area contributed by atoms with Crippen molar-refractivity contribution in [3.05, 3.63) is 81.3 Å². The van der Waals surface area contributed by atoms with Crippen LogP contribution in [0.4, 0.5) is 20.6 Å². The van der Waals surface area contributed by atoms with Crippen molar-refractivity contribution >= 4 is 61.1 Å². The van der Waals surface area contributed by atoms with Crippen molar-refractivity contribution in [1.29, 1.82) is 0 Å². The Bertz CT molecular complexity index is 1650. The molecule has 2 amide bonds. The minimum absolute atomic E-state index is 0.00776. The van der Waals surface area contributed by atoms with E-state index < -0.39 is 21.9 Å². The summed E-state index contributed by atoms with van der Waals surface area (Å²) in [6.07, 6.45) is 3.96. The van der Waals surface area contributed by atoms with Crippen LogP contribution in [0.5, 0.6) is 0 Å². The zero-order valence-corrected chi connectivity index (χ0v) is 21.0. The van der Waals surface area contributed by atoms with Crippen molar-refractivity contribution in [1.82, 2.24) is 9.29 Å². The minimum Gasteiger partial charge on any atom is -0.385 e. The fraction of sp³-hybridized carbons (Fsp3) is 0.167. The fourth-order valence-corrected chi connectivity index (χ4v) is 6.07. The van der Waals surface area contributed by atoms with Crippen LogP contribution in [-0.4, -0.2) is 25.6 Å². The van der Waals surface area contributed by atoms with Gasteiger partial charge in [0.1, 0.15) is 10.0 Å². The van der Waals surface area contributed by atoms with E-state index >= 15 is 0 Å². The normalized spacial score (nSPS) is 13.5. The predicted octanol–water partition coefficient (Wildman–Crippen LogP) is 5.18. The molecule has 12 heteroatoms. The van der Waals surface area contributed by atoms with Crippen LogP contribution in [-0.2, 0) is 10.0 Å². The Morgan fingerprint density at radius 3 is 2.56 bits per heavy atom. The van der Waals surface area contributed by atoms with E-state index in [1.807, 2.05) is 16.9 Å². The third-order valence-electron chi connectivity index (χ3n) is 5.70. The molecule has 4 aromatic rings. The van der Waals surface area contributed by atoms with E-state index in [0.29, 0.717) is 11.3 Å². The first-order valence-electron chi connectivity index (χ1n) is 11.0. The second kappa shape index (κ2) is 9.57. The number of sulfonamides is 1. The Balaban J connectivity index is 1.33. The summed E-state index contributed by atoms with van der Waals surface area (Å²) in [5.74, 6) is -0.0606. The molecule has 3 N–H and O–H groups in total. The largest absolute Gasteiger partial charge is 0.385 e. The van der Waals surface area contributed by atoms with E-state index in [1.165, 1.54) is 47.9 Å². The van der Waals surface area contributed by atoms with Gasteiger partial charge in [0.05, 0.1) is 10.0 Å². The van der Waals surface area contributed by atoms with Gasteiger partial charge in [-0.2, -0.15) is 0 Å². The number of rotatable bonds is 7. The van der Waals surface area contributed by atoms with Crippen molar-refractivity contribution in [2.75, 3.05) is 17.2 Å². The molecule has 1 aliphatic rings. The van der Waals surface area contributed by atoms with Gasteiger partial charge in [-0.3, -0.25) is 9.36 Å². The number of aromatic nitrogens is 1. The van der Waals surface area contributed by atoms with Crippen molar-refractivity contribution < 1.29 is 17.6 Å². The van der Waals surface area contributed by atoms with Gasteiger partial charge in [0.2, 0.25) is 0 Å². The maximum absolute atomic E-state index is 14.9. The number of hydrogen-bond acceptors (Lipinski definition) is 6. The molecule has 5 rings (SSSR count). The van der Waals surface area contributed by atoms with Crippen LogP contribution in [0, 0.1) is 11.7 Å². The van der Waals surface area contributed by atoms with Gasteiger partial charge in [-0.1, -0.05) is 11.6 Å². The average molecular weight is 547 g/mol. The fourth-order valence-electron chi connectivity index (χ4n) is 3.68. The maximum Gasteiger partial charge on any atom is 0.333 e. The Hall–Kier alpha value is -3.41. The van der Waals surface area contributed by atoms with Gasteiger partial charge in [0.25, 0.3) is 15.6 Å². The topological polar surface area (TPSA) is 109 Å². The smallest absolute Gasteiger partial charge is 0.333 e. The number of thiophene rings is 1. The summed E-state index contributed by atoms with van der Waals surface area (Å²) >= 11 is 6.54. The van der Waals surface area contributed by atoms with Crippen molar-refractivity contribution in [2.45, 2.75) is 17.1 Å².